The van der Waals surface area contributed by atoms with Gasteiger partial charge in [0.15, 0.2) is 23.0 Å². The maximum atomic E-state index is 14.1. The molecule has 3 aromatic carbocycles. The van der Waals surface area contributed by atoms with Crippen molar-refractivity contribution >= 4 is 23.6 Å². The largest absolute Gasteiger partial charge is 0.497 e. The van der Waals surface area contributed by atoms with Gasteiger partial charge in [-0.25, -0.2) is 14.4 Å². The molecule has 0 bridgehead atoms. The Balaban J connectivity index is 1.72. The van der Waals surface area contributed by atoms with Crippen LogP contribution in [0, 0.1) is 5.92 Å². The van der Waals surface area contributed by atoms with Gasteiger partial charge in [0, 0.05) is 17.6 Å². The SMILES string of the molecule is COC(=O)C(CC(C)C)NC(=O)OC1(c2ccc(OC)cc2)OC(=O)C(c2ccc3c(c2)OCO3)=C1Cc1cc(OC)c(OC)c(OC)c1. The number of alkyl carbamates (subject to hydrolysis) is 1. The molecule has 2 unspecified atom stereocenters. The number of carbonyl (C=O) groups excluding carboxylic acids is 3. The van der Waals surface area contributed by atoms with Crippen LogP contribution in [0.3, 0.4) is 0 Å². The lowest BCUT2D eigenvalue weighted by atomic mass is 9.87. The van der Waals surface area contributed by atoms with Crippen LogP contribution in [-0.2, 0) is 36.0 Å². The average molecular weight is 678 g/mol. The maximum Gasteiger partial charge on any atom is 0.411 e. The number of nitrogens with one attached hydrogen (secondary N) is 1. The maximum absolute atomic E-state index is 14.1. The van der Waals surface area contributed by atoms with Crippen molar-refractivity contribution < 1.29 is 57.0 Å². The zero-order chi connectivity index (χ0) is 35.3. The van der Waals surface area contributed by atoms with Crippen molar-refractivity contribution in [2.75, 3.05) is 42.3 Å². The predicted octanol–water partition coefficient (Wildman–Crippen LogP) is 5.17. The van der Waals surface area contributed by atoms with Gasteiger partial charge in [-0.15, -0.1) is 0 Å². The summed E-state index contributed by atoms with van der Waals surface area (Å²) in [5, 5.41) is 2.62. The minimum Gasteiger partial charge on any atom is -0.497 e. The molecule has 0 aromatic heterocycles. The molecule has 1 amide bonds. The summed E-state index contributed by atoms with van der Waals surface area (Å²) in [6.07, 6.45) is -0.750. The minimum atomic E-state index is -2.11. The highest BCUT2D eigenvalue weighted by atomic mass is 16.7. The van der Waals surface area contributed by atoms with Gasteiger partial charge in [0.1, 0.15) is 11.8 Å². The Hall–Kier alpha value is -5.59. The predicted molar refractivity (Wildman–Crippen MR) is 175 cm³/mol. The lowest BCUT2D eigenvalue weighted by Gasteiger charge is -2.32. The highest BCUT2D eigenvalue weighted by Gasteiger charge is 2.53. The van der Waals surface area contributed by atoms with Crippen LogP contribution < -0.4 is 33.7 Å². The molecule has 0 aliphatic carbocycles. The van der Waals surface area contributed by atoms with Crippen LogP contribution in [0.25, 0.3) is 5.57 Å². The monoisotopic (exact) mass is 677 g/mol. The Morgan fingerprint density at radius 2 is 1.53 bits per heavy atom. The molecule has 0 radical (unpaired) electrons. The fourth-order valence-corrected chi connectivity index (χ4v) is 5.84. The fraction of sp³-hybridized carbons (Fsp3) is 0.361. The topological polar surface area (TPSA) is 146 Å². The van der Waals surface area contributed by atoms with Gasteiger partial charge in [0.05, 0.1) is 41.1 Å². The smallest absolute Gasteiger partial charge is 0.411 e. The van der Waals surface area contributed by atoms with Crippen LogP contribution in [0.15, 0.2) is 60.2 Å². The zero-order valence-electron chi connectivity index (χ0n) is 28.4. The van der Waals surface area contributed by atoms with E-state index in [4.69, 9.17) is 42.6 Å². The van der Waals surface area contributed by atoms with Gasteiger partial charge in [-0.3, -0.25) is 0 Å². The summed E-state index contributed by atoms with van der Waals surface area (Å²) in [7, 11) is 7.22. The Morgan fingerprint density at radius 1 is 0.857 bits per heavy atom. The third-order valence-corrected chi connectivity index (χ3v) is 8.10. The van der Waals surface area contributed by atoms with E-state index in [1.807, 2.05) is 13.8 Å². The quantitative estimate of drug-likeness (QED) is 0.238. The van der Waals surface area contributed by atoms with Gasteiger partial charge in [-0.05, 0) is 72.0 Å². The zero-order valence-corrected chi connectivity index (χ0v) is 28.4. The number of benzene rings is 3. The Kier molecular flexibility index (Phi) is 10.4. The lowest BCUT2D eigenvalue weighted by Crippen LogP contribution is -2.46. The van der Waals surface area contributed by atoms with E-state index in [-0.39, 0.29) is 36.7 Å². The van der Waals surface area contributed by atoms with E-state index >= 15 is 0 Å². The number of ether oxygens (including phenoxy) is 9. The summed E-state index contributed by atoms with van der Waals surface area (Å²) in [6.45, 7) is 3.82. The molecule has 0 spiro atoms. The second-order valence-corrected chi connectivity index (χ2v) is 11.6. The molecule has 1 N–H and O–H groups in total. The first-order valence-electron chi connectivity index (χ1n) is 15.4. The average Bonchev–Trinajstić information content (AvgIpc) is 3.68. The summed E-state index contributed by atoms with van der Waals surface area (Å²) in [5.74, 6) is -0.937. The van der Waals surface area contributed by atoms with Gasteiger partial charge in [0.25, 0.3) is 0 Å². The second-order valence-electron chi connectivity index (χ2n) is 11.6. The number of fused-ring (bicyclic) bond motifs is 1. The number of cyclic esters (lactones) is 1. The van der Waals surface area contributed by atoms with Crippen LogP contribution in [0.2, 0.25) is 0 Å². The number of hydrogen-bond donors (Lipinski definition) is 1. The van der Waals surface area contributed by atoms with Crippen molar-refractivity contribution in [3.63, 3.8) is 0 Å². The number of amides is 1. The summed E-state index contributed by atoms with van der Waals surface area (Å²) in [4.78, 5) is 40.6. The highest BCUT2D eigenvalue weighted by molar-refractivity contribution is 6.20. The molecule has 2 aliphatic heterocycles. The normalized spacial score (nSPS) is 16.9. The summed E-state index contributed by atoms with van der Waals surface area (Å²) in [5.41, 5.74) is 1.73. The van der Waals surface area contributed by atoms with Crippen molar-refractivity contribution in [1.82, 2.24) is 5.32 Å². The molecule has 0 saturated heterocycles. The van der Waals surface area contributed by atoms with E-state index in [0.717, 1.165) is 0 Å². The molecule has 3 aromatic rings. The molecule has 0 saturated carbocycles. The number of carbonyl (C=O) groups is 3. The van der Waals surface area contributed by atoms with Crippen LogP contribution >= 0.6 is 0 Å². The van der Waals surface area contributed by atoms with E-state index < -0.39 is 29.9 Å². The molecule has 2 heterocycles. The van der Waals surface area contributed by atoms with Crippen molar-refractivity contribution in [1.29, 1.82) is 0 Å². The fourth-order valence-electron chi connectivity index (χ4n) is 5.84. The van der Waals surface area contributed by atoms with Crippen molar-refractivity contribution in [2.24, 2.45) is 5.92 Å². The van der Waals surface area contributed by atoms with Crippen LogP contribution in [0.1, 0.15) is 37.0 Å². The van der Waals surface area contributed by atoms with E-state index in [1.165, 1.54) is 35.5 Å². The summed E-state index contributed by atoms with van der Waals surface area (Å²) in [6, 6.07) is 14.0. The molecule has 260 valence electrons. The number of methoxy groups -OCH3 is 5. The van der Waals surface area contributed by atoms with Gasteiger partial charge >= 0.3 is 23.8 Å². The molecule has 2 atom stereocenters. The molecule has 2 aliphatic rings. The van der Waals surface area contributed by atoms with E-state index in [1.54, 1.807) is 54.6 Å². The van der Waals surface area contributed by atoms with Crippen molar-refractivity contribution in [3.05, 3.63) is 76.9 Å². The first-order chi connectivity index (χ1) is 23.6. The van der Waals surface area contributed by atoms with Gasteiger partial charge in [-0.1, -0.05) is 19.9 Å². The van der Waals surface area contributed by atoms with E-state index in [2.05, 4.69) is 5.32 Å². The summed E-state index contributed by atoms with van der Waals surface area (Å²) < 4.78 is 50.5. The van der Waals surface area contributed by atoms with Crippen molar-refractivity contribution in [3.8, 4) is 34.5 Å². The van der Waals surface area contributed by atoms with Crippen LogP contribution in [-0.4, -0.2) is 66.4 Å². The Bertz CT molecular complexity index is 1720. The number of esters is 2. The Labute approximate surface area is 283 Å². The van der Waals surface area contributed by atoms with Gasteiger partial charge in [0.2, 0.25) is 12.5 Å². The molecular weight excluding hydrogens is 638 g/mol. The lowest BCUT2D eigenvalue weighted by molar-refractivity contribution is -0.185. The van der Waals surface area contributed by atoms with Crippen molar-refractivity contribution in [2.45, 2.75) is 38.5 Å². The summed E-state index contributed by atoms with van der Waals surface area (Å²) >= 11 is 0. The first-order valence-corrected chi connectivity index (χ1v) is 15.4. The third kappa shape index (κ3) is 7.01. The minimum absolute atomic E-state index is 0.00202. The first kappa shape index (κ1) is 34.7. The van der Waals surface area contributed by atoms with Crippen LogP contribution in [0.4, 0.5) is 4.79 Å². The highest BCUT2D eigenvalue weighted by Crippen LogP contribution is 2.50. The number of rotatable bonds is 13. The second kappa shape index (κ2) is 14.7. The molecule has 0 fully saturated rings. The third-order valence-electron chi connectivity index (χ3n) is 8.10. The molecule has 13 nitrogen and oxygen atoms in total. The van der Waals surface area contributed by atoms with E-state index in [0.29, 0.717) is 51.2 Å². The van der Waals surface area contributed by atoms with Gasteiger partial charge < -0.3 is 47.9 Å². The molecule has 5 rings (SSSR count). The molecular formula is C36H39NO12. The van der Waals surface area contributed by atoms with Crippen LogP contribution in [0.5, 0.6) is 34.5 Å². The number of hydrogen-bond acceptors (Lipinski definition) is 12. The molecule has 13 heteroatoms. The molecule has 49 heavy (non-hydrogen) atoms. The van der Waals surface area contributed by atoms with E-state index in [9.17, 15) is 14.4 Å². The standard InChI is InChI=1S/C36H39NO12/c1-20(2)14-26(33(38)45-7)37-35(40)49-36(23-9-11-24(41-3)12-10-23)25(15-21-16-29(42-4)32(44-6)30(17-21)43-5)31(34(39)48-36)22-8-13-27-28(18-22)47-19-46-27/h8-13,16-18,20,26H,14-15,19H2,1-7H3,(H,37,40). The van der Waals surface area contributed by atoms with Gasteiger partial charge in [-0.2, -0.15) is 0 Å². The Morgan fingerprint density at radius 3 is 2.12 bits per heavy atom.